The first-order chi connectivity index (χ1) is 15.3. The van der Waals surface area contributed by atoms with Gasteiger partial charge in [0, 0.05) is 5.56 Å². The highest BCUT2D eigenvalue weighted by Gasteiger charge is 2.28. The smallest absolute Gasteiger partial charge is 0.264 e. The SMILES string of the molecule is COc1ccccc1/C=N\NC(=O)CN(c1cc(C)ccc1C)S(=O)(=O)c1ccccc1. The van der Waals surface area contributed by atoms with E-state index in [0.717, 1.165) is 15.4 Å². The Hall–Kier alpha value is -3.65. The van der Waals surface area contributed by atoms with Crippen LogP contribution in [0.15, 0.2) is 82.8 Å². The number of amides is 1. The Labute approximate surface area is 188 Å². The molecule has 3 aromatic carbocycles. The van der Waals surface area contributed by atoms with Crippen LogP contribution in [0.4, 0.5) is 5.69 Å². The molecular weight excluding hydrogens is 426 g/mol. The third-order valence-electron chi connectivity index (χ3n) is 4.78. The number of rotatable bonds is 8. The fraction of sp³-hybridized carbons (Fsp3) is 0.167. The third-order valence-corrected chi connectivity index (χ3v) is 6.56. The average molecular weight is 452 g/mol. The van der Waals surface area contributed by atoms with Gasteiger partial charge in [-0.25, -0.2) is 13.8 Å². The molecule has 8 heteroatoms. The Bertz CT molecular complexity index is 1230. The molecule has 0 radical (unpaired) electrons. The van der Waals surface area contributed by atoms with Crippen LogP contribution in [0.25, 0.3) is 0 Å². The lowest BCUT2D eigenvalue weighted by Crippen LogP contribution is -2.40. The molecule has 0 saturated heterocycles. The summed E-state index contributed by atoms with van der Waals surface area (Å²) in [6, 6.07) is 20.7. The molecule has 0 atom stereocenters. The predicted octanol–water partition coefficient (Wildman–Crippen LogP) is 3.66. The molecule has 0 heterocycles. The van der Waals surface area contributed by atoms with Gasteiger partial charge in [-0.2, -0.15) is 5.10 Å². The van der Waals surface area contributed by atoms with Gasteiger partial charge in [-0.3, -0.25) is 9.10 Å². The fourth-order valence-corrected chi connectivity index (χ4v) is 4.62. The number of benzene rings is 3. The monoisotopic (exact) mass is 451 g/mol. The minimum atomic E-state index is -3.98. The van der Waals surface area contributed by atoms with E-state index < -0.39 is 22.5 Å². The zero-order valence-electron chi connectivity index (χ0n) is 18.1. The summed E-state index contributed by atoms with van der Waals surface area (Å²) in [5.74, 6) is 0.0331. The molecule has 0 unspecified atom stereocenters. The first-order valence-corrected chi connectivity index (χ1v) is 11.4. The molecule has 1 N–H and O–H groups in total. The molecule has 0 spiro atoms. The number of ether oxygens (including phenoxy) is 1. The van der Waals surface area contributed by atoms with Gasteiger partial charge in [-0.05, 0) is 55.3 Å². The van der Waals surface area contributed by atoms with Gasteiger partial charge in [-0.15, -0.1) is 0 Å². The quantitative estimate of drug-likeness (QED) is 0.418. The van der Waals surface area contributed by atoms with Crippen LogP contribution in [0, 0.1) is 13.8 Å². The van der Waals surface area contributed by atoms with E-state index in [9.17, 15) is 13.2 Å². The van der Waals surface area contributed by atoms with Crippen molar-refractivity contribution in [3.63, 3.8) is 0 Å². The van der Waals surface area contributed by atoms with Crippen LogP contribution in [-0.4, -0.2) is 34.2 Å². The van der Waals surface area contributed by atoms with Gasteiger partial charge in [0.05, 0.1) is 23.9 Å². The van der Waals surface area contributed by atoms with Crippen molar-refractivity contribution in [1.29, 1.82) is 0 Å². The molecular formula is C24H25N3O4S. The van der Waals surface area contributed by atoms with Gasteiger partial charge in [0.25, 0.3) is 15.9 Å². The number of carbonyl (C=O) groups excluding carboxylic acids is 1. The van der Waals surface area contributed by atoms with Crippen molar-refractivity contribution in [2.45, 2.75) is 18.7 Å². The van der Waals surface area contributed by atoms with Crippen molar-refractivity contribution in [2.24, 2.45) is 5.10 Å². The van der Waals surface area contributed by atoms with Crippen molar-refractivity contribution >= 4 is 27.8 Å². The average Bonchev–Trinajstić information content (AvgIpc) is 2.80. The first-order valence-electron chi connectivity index (χ1n) is 9.93. The summed E-state index contributed by atoms with van der Waals surface area (Å²) >= 11 is 0. The Morgan fingerprint density at radius 2 is 1.72 bits per heavy atom. The van der Waals surface area contributed by atoms with E-state index in [1.165, 1.54) is 18.3 Å². The number of nitrogens with one attached hydrogen (secondary N) is 1. The molecule has 0 aliphatic rings. The summed E-state index contributed by atoms with van der Waals surface area (Å²) in [5.41, 5.74) is 5.15. The highest BCUT2D eigenvalue weighted by Crippen LogP contribution is 2.27. The summed E-state index contributed by atoms with van der Waals surface area (Å²) in [4.78, 5) is 12.8. The molecule has 1 amide bonds. The number of anilines is 1. The Balaban J connectivity index is 1.88. The van der Waals surface area contributed by atoms with Gasteiger partial charge >= 0.3 is 0 Å². The lowest BCUT2D eigenvalue weighted by Gasteiger charge is -2.25. The van der Waals surface area contributed by atoms with E-state index in [-0.39, 0.29) is 4.90 Å². The van der Waals surface area contributed by atoms with Crippen molar-refractivity contribution in [1.82, 2.24) is 5.43 Å². The van der Waals surface area contributed by atoms with Crippen LogP contribution in [0.5, 0.6) is 5.75 Å². The van der Waals surface area contributed by atoms with Crippen molar-refractivity contribution < 1.29 is 17.9 Å². The van der Waals surface area contributed by atoms with Crippen LogP contribution in [-0.2, 0) is 14.8 Å². The van der Waals surface area contributed by atoms with Crippen molar-refractivity contribution in [2.75, 3.05) is 18.0 Å². The van der Waals surface area contributed by atoms with E-state index >= 15 is 0 Å². The van der Waals surface area contributed by atoms with Crippen LogP contribution in [0.1, 0.15) is 16.7 Å². The molecule has 7 nitrogen and oxygen atoms in total. The molecule has 3 rings (SSSR count). The Morgan fingerprint density at radius 1 is 1.03 bits per heavy atom. The molecule has 166 valence electrons. The number of para-hydroxylation sites is 1. The van der Waals surface area contributed by atoms with Gasteiger partial charge in [0.15, 0.2) is 0 Å². The van der Waals surface area contributed by atoms with Gasteiger partial charge in [0.1, 0.15) is 12.3 Å². The maximum Gasteiger partial charge on any atom is 0.264 e. The number of sulfonamides is 1. The number of methoxy groups -OCH3 is 1. The summed E-state index contributed by atoms with van der Waals surface area (Å²) in [6.07, 6.45) is 1.45. The van der Waals surface area contributed by atoms with E-state index in [1.807, 2.05) is 31.2 Å². The topological polar surface area (TPSA) is 88.1 Å². The van der Waals surface area contributed by atoms with E-state index in [0.29, 0.717) is 17.0 Å². The standard InChI is InChI=1S/C24H25N3O4S/c1-18-13-14-19(2)22(15-18)27(32(29,30)21-10-5-4-6-11-21)17-24(28)26-25-16-20-9-7-8-12-23(20)31-3/h4-16H,17H2,1-3H3,(H,26,28)/b25-16-. The highest BCUT2D eigenvalue weighted by atomic mass is 32.2. The molecule has 0 bridgehead atoms. The lowest BCUT2D eigenvalue weighted by atomic mass is 10.1. The third kappa shape index (κ3) is 5.33. The van der Waals surface area contributed by atoms with Gasteiger partial charge in [0.2, 0.25) is 0 Å². The van der Waals surface area contributed by atoms with Crippen molar-refractivity contribution in [3.05, 3.63) is 89.5 Å². The minimum Gasteiger partial charge on any atom is -0.496 e. The van der Waals surface area contributed by atoms with Gasteiger partial charge < -0.3 is 4.74 Å². The normalized spacial score (nSPS) is 11.3. The number of hydrogen-bond acceptors (Lipinski definition) is 5. The Kier molecular flexibility index (Phi) is 7.27. The zero-order valence-corrected chi connectivity index (χ0v) is 19.0. The van der Waals surface area contributed by atoms with Crippen LogP contribution >= 0.6 is 0 Å². The summed E-state index contributed by atoms with van der Waals surface area (Å²) in [5, 5.41) is 3.97. The molecule has 0 aliphatic carbocycles. The maximum absolute atomic E-state index is 13.4. The fourth-order valence-electron chi connectivity index (χ4n) is 3.12. The molecule has 0 saturated carbocycles. The predicted molar refractivity (Wildman–Crippen MR) is 126 cm³/mol. The zero-order chi connectivity index (χ0) is 23.1. The van der Waals surface area contributed by atoms with Gasteiger partial charge in [-0.1, -0.05) is 42.5 Å². The van der Waals surface area contributed by atoms with Crippen molar-refractivity contribution in [3.8, 4) is 5.75 Å². The van der Waals surface area contributed by atoms with E-state index in [4.69, 9.17) is 4.74 Å². The lowest BCUT2D eigenvalue weighted by molar-refractivity contribution is -0.119. The number of aryl methyl sites for hydroxylation is 2. The molecule has 0 fully saturated rings. The second-order valence-corrected chi connectivity index (χ2v) is 9.01. The summed E-state index contributed by atoms with van der Waals surface area (Å²) < 4.78 is 33.2. The summed E-state index contributed by atoms with van der Waals surface area (Å²) in [6.45, 7) is 3.25. The minimum absolute atomic E-state index is 0.103. The summed E-state index contributed by atoms with van der Waals surface area (Å²) in [7, 11) is -2.43. The second-order valence-electron chi connectivity index (χ2n) is 7.15. The number of nitrogens with zero attached hydrogens (tertiary/aromatic N) is 2. The highest BCUT2D eigenvalue weighted by molar-refractivity contribution is 7.92. The first kappa shape index (κ1) is 23.0. The van der Waals surface area contributed by atoms with Crippen LogP contribution < -0.4 is 14.5 Å². The molecule has 32 heavy (non-hydrogen) atoms. The number of carbonyl (C=O) groups is 1. The largest absolute Gasteiger partial charge is 0.496 e. The molecule has 3 aromatic rings. The van der Waals surface area contributed by atoms with E-state index in [1.54, 1.807) is 50.4 Å². The number of hydrogen-bond donors (Lipinski definition) is 1. The molecule has 0 aromatic heterocycles. The van der Waals surface area contributed by atoms with Crippen LogP contribution in [0.2, 0.25) is 0 Å². The second kappa shape index (κ2) is 10.1. The van der Waals surface area contributed by atoms with E-state index in [2.05, 4.69) is 10.5 Å². The molecule has 0 aliphatic heterocycles. The van der Waals surface area contributed by atoms with Crippen LogP contribution in [0.3, 0.4) is 0 Å². The maximum atomic E-state index is 13.4. The number of hydrazone groups is 1. The Morgan fingerprint density at radius 3 is 2.44 bits per heavy atom.